The molecule has 1 aliphatic rings. The van der Waals surface area contributed by atoms with Gasteiger partial charge in [0.15, 0.2) is 5.16 Å². The lowest BCUT2D eigenvalue weighted by Crippen LogP contribution is -2.30. The second-order valence-corrected chi connectivity index (χ2v) is 5.76. The van der Waals surface area contributed by atoms with Gasteiger partial charge in [-0.3, -0.25) is 0 Å². The van der Waals surface area contributed by atoms with Crippen molar-refractivity contribution >= 4 is 23.4 Å². The first kappa shape index (κ1) is 15.4. The summed E-state index contributed by atoms with van der Waals surface area (Å²) in [4.78, 5) is 11.5. The highest BCUT2D eigenvalue weighted by atomic mass is 32.2. The quantitative estimate of drug-likeness (QED) is 0.595. The van der Waals surface area contributed by atoms with Crippen molar-refractivity contribution in [2.45, 2.75) is 43.8 Å². The number of nitrogens with one attached hydrogen (secondary N) is 1. The monoisotopic (exact) mass is 296 g/mol. The summed E-state index contributed by atoms with van der Waals surface area (Å²) in [6.07, 6.45) is 6.29. The molecule has 0 bridgehead atoms. The van der Waals surface area contributed by atoms with Gasteiger partial charge in [0.1, 0.15) is 11.6 Å². The molecule has 1 atom stereocenters. The van der Waals surface area contributed by atoms with Gasteiger partial charge in [0.05, 0.1) is 0 Å². The molecule has 1 fully saturated rings. The van der Waals surface area contributed by atoms with E-state index >= 15 is 0 Å². The van der Waals surface area contributed by atoms with Gasteiger partial charge in [0.25, 0.3) is 0 Å². The third-order valence-electron chi connectivity index (χ3n) is 3.60. The fourth-order valence-corrected chi connectivity index (χ4v) is 3.06. The van der Waals surface area contributed by atoms with Crippen LogP contribution in [0.1, 0.15) is 32.6 Å². The molecule has 0 aliphatic carbocycles. The molecule has 112 valence electrons. The Labute approximate surface area is 125 Å². The first-order valence-electron chi connectivity index (χ1n) is 7.33. The summed E-state index contributed by atoms with van der Waals surface area (Å²) in [7, 11) is 0. The summed E-state index contributed by atoms with van der Waals surface area (Å²) in [6, 6.07) is 2.54. The molecule has 5 nitrogen and oxygen atoms in total. The highest BCUT2D eigenvalue weighted by Gasteiger charge is 2.25. The molecule has 2 heterocycles. The van der Waals surface area contributed by atoms with Crippen LogP contribution >= 0.6 is 11.8 Å². The molecular formula is C14H24N4OS. The van der Waals surface area contributed by atoms with Crippen LogP contribution in [0, 0.1) is 0 Å². The van der Waals surface area contributed by atoms with E-state index in [9.17, 15) is 0 Å². The van der Waals surface area contributed by atoms with Crippen molar-refractivity contribution in [3.63, 3.8) is 0 Å². The Bertz CT molecular complexity index is 430. The van der Waals surface area contributed by atoms with E-state index in [0.717, 1.165) is 42.7 Å². The van der Waals surface area contributed by atoms with Crippen molar-refractivity contribution in [2.75, 3.05) is 36.2 Å². The van der Waals surface area contributed by atoms with E-state index in [1.54, 1.807) is 11.8 Å². The number of aromatic nitrogens is 2. The topological polar surface area (TPSA) is 61.3 Å². The molecule has 20 heavy (non-hydrogen) atoms. The Morgan fingerprint density at radius 1 is 1.50 bits per heavy atom. The fourth-order valence-electron chi connectivity index (χ4n) is 2.69. The Morgan fingerprint density at radius 2 is 2.35 bits per heavy atom. The highest BCUT2D eigenvalue weighted by molar-refractivity contribution is 7.98. The van der Waals surface area contributed by atoms with Crippen molar-refractivity contribution in [2.24, 2.45) is 0 Å². The van der Waals surface area contributed by atoms with Gasteiger partial charge in [-0.2, -0.15) is 0 Å². The summed E-state index contributed by atoms with van der Waals surface area (Å²) >= 11 is 1.57. The minimum absolute atomic E-state index is 0.271. The number of aliphatic hydroxyl groups excluding tert-OH is 1. The van der Waals surface area contributed by atoms with Crippen LogP contribution in [0.4, 0.5) is 11.6 Å². The molecule has 2 rings (SSSR count). The van der Waals surface area contributed by atoms with Gasteiger partial charge >= 0.3 is 0 Å². The smallest absolute Gasteiger partial charge is 0.191 e. The molecule has 0 aromatic carbocycles. The van der Waals surface area contributed by atoms with Crippen LogP contribution in [0.2, 0.25) is 0 Å². The van der Waals surface area contributed by atoms with Crippen molar-refractivity contribution < 1.29 is 5.11 Å². The van der Waals surface area contributed by atoms with Crippen molar-refractivity contribution in [3.05, 3.63) is 6.07 Å². The first-order chi connectivity index (χ1) is 9.78. The third-order valence-corrected chi connectivity index (χ3v) is 4.15. The molecule has 6 heteroatoms. The standard InChI is InChI=1S/C14H24N4OS/c1-3-15-12-10-13(17-14(16-12)20-2)18-8-4-6-11(18)7-5-9-19/h10-11,19H,3-9H2,1-2H3,(H,15,16,17). The van der Waals surface area contributed by atoms with Crippen LogP contribution in [0.15, 0.2) is 11.2 Å². The van der Waals surface area contributed by atoms with Crippen molar-refractivity contribution in [1.29, 1.82) is 0 Å². The maximum Gasteiger partial charge on any atom is 0.191 e. The lowest BCUT2D eigenvalue weighted by atomic mass is 10.1. The van der Waals surface area contributed by atoms with Crippen molar-refractivity contribution in [1.82, 2.24) is 9.97 Å². The number of rotatable bonds is 7. The average molecular weight is 296 g/mol. The molecule has 1 aromatic rings. The van der Waals surface area contributed by atoms with Gasteiger partial charge in [0, 0.05) is 31.8 Å². The van der Waals surface area contributed by atoms with Gasteiger partial charge in [-0.15, -0.1) is 0 Å². The predicted molar refractivity (Wildman–Crippen MR) is 84.7 cm³/mol. The zero-order valence-corrected chi connectivity index (χ0v) is 13.1. The lowest BCUT2D eigenvalue weighted by Gasteiger charge is -2.26. The molecule has 1 unspecified atom stereocenters. The zero-order valence-electron chi connectivity index (χ0n) is 12.3. The van der Waals surface area contributed by atoms with Gasteiger partial charge in [-0.1, -0.05) is 11.8 Å². The van der Waals surface area contributed by atoms with E-state index in [4.69, 9.17) is 5.11 Å². The second-order valence-electron chi connectivity index (χ2n) is 4.98. The van der Waals surface area contributed by atoms with Crippen LogP contribution in [-0.4, -0.2) is 47.1 Å². The largest absolute Gasteiger partial charge is 0.396 e. The van der Waals surface area contributed by atoms with E-state index in [0.29, 0.717) is 6.04 Å². The number of aliphatic hydroxyl groups is 1. The molecule has 1 aliphatic heterocycles. The van der Waals surface area contributed by atoms with E-state index < -0.39 is 0 Å². The molecule has 2 N–H and O–H groups in total. The van der Waals surface area contributed by atoms with Crippen molar-refractivity contribution in [3.8, 4) is 0 Å². The number of anilines is 2. The molecule has 0 amide bonds. The molecule has 1 saturated heterocycles. The third kappa shape index (κ3) is 3.76. The Hall–Kier alpha value is -1.01. The SMILES string of the molecule is CCNc1cc(N2CCCC2CCCO)nc(SC)n1. The van der Waals surface area contributed by atoms with Gasteiger partial charge in [-0.05, 0) is 38.9 Å². The maximum absolute atomic E-state index is 9.02. The van der Waals surface area contributed by atoms with Crippen LogP contribution in [0.25, 0.3) is 0 Å². The van der Waals surface area contributed by atoms with E-state index in [2.05, 4.69) is 27.1 Å². The van der Waals surface area contributed by atoms with Crippen LogP contribution in [-0.2, 0) is 0 Å². The Morgan fingerprint density at radius 3 is 3.05 bits per heavy atom. The number of nitrogens with zero attached hydrogens (tertiary/aromatic N) is 3. The van der Waals surface area contributed by atoms with E-state index in [1.807, 2.05) is 12.3 Å². The molecule has 1 aromatic heterocycles. The average Bonchev–Trinajstić information content (AvgIpc) is 2.93. The molecule has 0 radical (unpaired) electrons. The van der Waals surface area contributed by atoms with E-state index in [1.165, 1.54) is 12.8 Å². The lowest BCUT2D eigenvalue weighted by molar-refractivity contribution is 0.279. The fraction of sp³-hybridized carbons (Fsp3) is 0.714. The number of hydrogen-bond donors (Lipinski definition) is 2. The summed E-state index contributed by atoms with van der Waals surface area (Å²) in [5.74, 6) is 1.91. The minimum Gasteiger partial charge on any atom is -0.396 e. The number of thioether (sulfide) groups is 1. The van der Waals surface area contributed by atoms with Crippen LogP contribution < -0.4 is 10.2 Å². The van der Waals surface area contributed by atoms with Crippen LogP contribution in [0.5, 0.6) is 0 Å². The van der Waals surface area contributed by atoms with Crippen LogP contribution in [0.3, 0.4) is 0 Å². The summed E-state index contributed by atoms with van der Waals surface area (Å²) in [5, 5.41) is 13.1. The molecule has 0 spiro atoms. The minimum atomic E-state index is 0.271. The summed E-state index contributed by atoms with van der Waals surface area (Å²) < 4.78 is 0. The van der Waals surface area contributed by atoms with E-state index in [-0.39, 0.29) is 6.61 Å². The predicted octanol–water partition coefficient (Wildman–Crippen LogP) is 2.37. The zero-order chi connectivity index (χ0) is 14.4. The second kappa shape index (κ2) is 7.69. The molecular weight excluding hydrogens is 272 g/mol. The molecule has 0 saturated carbocycles. The first-order valence-corrected chi connectivity index (χ1v) is 8.55. The van der Waals surface area contributed by atoms with Gasteiger partial charge in [0.2, 0.25) is 0 Å². The summed E-state index contributed by atoms with van der Waals surface area (Å²) in [6.45, 7) is 4.25. The van der Waals surface area contributed by atoms with Gasteiger partial charge in [-0.25, -0.2) is 9.97 Å². The Balaban J connectivity index is 2.19. The summed E-state index contributed by atoms with van der Waals surface area (Å²) in [5.41, 5.74) is 0. The highest BCUT2D eigenvalue weighted by Crippen LogP contribution is 2.29. The number of hydrogen-bond acceptors (Lipinski definition) is 6. The normalized spacial score (nSPS) is 18.6. The maximum atomic E-state index is 9.02. The van der Waals surface area contributed by atoms with Gasteiger partial charge < -0.3 is 15.3 Å². The Kier molecular flexibility index (Phi) is 5.91.